The molecule has 1 unspecified atom stereocenters. The normalized spacial score (nSPS) is 15.5. The van der Waals surface area contributed by atoms with Crippen molar-refractivity contribution in [2.24, 2.45) is 0 Å². The van der Waals surface area contributed by atoms with E-state index in [-0.39, 0.29) is 20.1 Å². The monoisotopic (exact) mass is 818 g/mol. The van der Waals surface area contributed by atoms with E-state index in [4.69, 9.17) is 11.8 Å². The molecular formula is C34H20IrN5PS3-2. The van der Waals surface area contributed by atoms with Crippen LogP contribution in [-0.2, 0) is 31.9 Å². The molecule has 0 spiro atoms. The Morgan fingerprint density at radius 2 is 1.34 bits per heavy atom. The van der Waals surface area contributed by atoms with Gasteiger partial charge in [0.15, 0.2) is 5.82 Å². The standard InChI is InChI=1S/C23H13NPS3.C11H7N4.Ir/c26-25-17-8-1-3-10-19(17)27-21-13-15(16-7-5-6-12-24-16)14-22(23(21)25)28-20-11-4-2-9-18(20)25;1-2-5-9-8(4-1)14-11(15-9)10-12-6-3-7-13-10;/h1-13H;1-7H;/q2*-1;. The van der Waals surface area contributed by atoms with Crippen LogP contribution in [0.15, 0.2) is 141 Å². The molecule has 3 aromatic heterocycles. The van der Waals surface area contributed by atoms with Crippen molar-refractivity contribution in [2.75, 3.05) is 0 Å². The Kier molecular flexibility index (Phi) is 8.10. The van der Waals surface area contributed by atoms with Crippen LogP contribution in [0.5, 0.6) is 0 Å². The molecule has 7 aromatic rings. The second-order valence-corrected chi connectivity index (χ2v) is 16.2. The average molecular weight is 818 g/mol. The van der Waals surface area contributed by atoms with Gasteiger partial charge in [-0.2, -0.15) is 0 Å². The SMILES string of the molecule is S=P12c3ccccc3Sc3[c-]c(-c4ccccn4)cc(c31)Sc1ccccc12.[Ir].c1cnc(-c2nc3ccccc3[n-]2)nc1. The van der Waals surface area contributed by atoms with E-state index < -0.39 is 6.04 Å². The molecule has 10 heteroatoms. The third-order valence-corrected chi connectivity index (χ3v) is 14.9. The number of fused-ring (bicyclic) bond motifs is 5. The van der Waals surface area contributed by atoms with Crippen LogP contribution in [0.3, 0.4) is 0 Å². The van der Waals surface area contributed by atoms with Crippen molar-refractivity contribution in [1.29, 1.82) is 0 Å². The summed E-state index contributed by atoms with van der Waals surface area (Å²) in [7, 11) is 0. The molecule has 5 nitrogen and oxygen atoms in total. The van der Waals surface area contributed by atoms with Crippen molar-refractivity contribution in [3.8, 4) is 22.9 Å². The third kappa shape index (κ3) is 5.08. The van der Waals surface area contributed by atoms with Gasteiger partial charge in [-0.25, -0.2) is 9.97 Å². The van der Waals surface area contributed by atoms with Gasteiger partial charge in [-0.15, -0.1) is 41.2 Å². The molecule has 0 amide bonds. The molecule has 9 rings (SSSR count). The van der Waals surface area contributed by atoms with Crippen molar-refractivity contribution < 1.29 is 20.1 Å². The number of aromatic nitrogens is 5. The van der Waals surface area contributed by atoms with Gasteiger partial charge in [-0.05, 0) is 57.4 Å². The molecular weight excluding hydrogens is 798 g/mol. The minimum absolute atomic E-state index is 0. The zero-order chi connectivity index (χ0) is 28.8. The number of nitrogens with zero attached hydrogens (tertiary/aromatic N) is 5. The molecule has 0 saturated carbocycles. The second-order valence-electron chi connectivity index (χ2n) is 9.80. The summed E-state index contributed by atoms with van der Waals surface area (Å²) in [4.78, 5) is 26.4. The Morgan fingerprint density at radius 1 is 0.682 bits per heavy atom. The number of hydrogen-bond donors (Lipinski definition) is 0. The predicted octanol–water partition coefficient (Wildman–Crippen LogP) is 6.88. The summed E-state index contributed by atoms with van der Waals surface area (Å²) >= 11 is 10.2. The first-order valence-electron chi connectivity index (χ1n) is 13.5. The van der Waals surface area contributed by atoms with Crippen molar-refractivity contribution in [2.45, 2.75) is 19.6 Å². The van der Waals surface area contributed by atoms with Crippen LogP contribution in [0.2, 0.25) is 0 Å². The van der Waals surface area contributed by atoms with E-state index in [1.54, 1.807) is 30.2 Å². The number of para-hydroxylation sites is 2. The van der Waals surface area contributed by atoms with E-state index in [0.29, 0.717) is 11.6 Å². The van der Waals surface area contributed by atoms with E-state index in [1.807, 2.05) is 60.4 Å². The Bertz CT molecular complexity index is 2080. The summed E-state index contributed by atoms with van der Waals surface area (Å²) in [5, 5.41) is 3.94. The summed E-state index contributed by atoms with van der Waals surface area (Å²) < 4.78 is 0. The summed E-state index contributed by atoms with van der Waals surface area (Å²) in [6.07, 6.45) is 5.20. The van der Waals surface area contributed by atoms with Crippen LogP contribution >= 0.6 is 29.6 Å². The zero-order valence-electron chi connectivity index (χ0n) is 22.8. The van der Waals surface area contributed by atoms with Crippen LogP contribution in [0.25, 0.3) is 33.9 Å². The number of imidazole rings is 1. The van der Waals surface area contributed by atoms with Gasteiger partial charge in [-0.1, -0.05) is 99.7 Å². The molecule has 0 N–H and O–H groups in total. The first-order chi connectivity index (χ1) is 21.2. The van der Waals surface area contributed by atoms with Gasteiger partial charge in [0.2, 0.25) is 0 Å². The maximum Gasteiger partial charge on any atom is 0.150 e. The van der Waals surface area contributed by atoms with E-state index >= 15 is 0 Å². The summed E-state index contributed by atoms with van der Waals surface area (Å²) in [6, 6.07) is 36.6. The predicted molar refractivity (Wildman–Crippen MR) is 179 cm³/mol. The maximum atomic E-state index is 6.57. The molecule has 5 heterocycles. The van der Waals surface area contributed by atoms with Crippen LogP contribution in [0.1, 0.15) is 0 Å². The largest absolute Gasteiger partial charge is 0.433 e. The molecule has 44 heavy (non-hydrogen) atoms. The van der Waals surface area contributed by atoms with Gasteiger partial charge < -0.3 is 15.0 Å². The maximum absolute atomic E-state index is 6.57. The number of pyridine rings is 1. The van der Waals surface area contributed by atoms with Crippen molar-refractivity contribution >= 4 is 68.3 Å². The van der Waals surface area contributed by atoms with Crippen LogP contribution in [0, 0.1) is 6.07 Å². The van der Waals surface area contributed by atoms with Gasteiger partial charge in [-0.3, -0.25) is 0 Å². The topological polar surface area (TPSA) is 65.7 Å². The fraction of sp³-hybridized carbons (Fsp3) is 0. The van der Waals surface area contributed by atoms with Crippen LogP contribution in [-0.4, -0.2) is 19.9 Å². The Balaban J connectivity index is 0.000000166. The van der Waals surface area contributed by atoms with Gasteiger partial charge in [0.1, 0.15) is 0 Å². The molecule has 0 bridgehead atoms. The minimum Gasteiger partial charge on any atom is -0.433 e. The quantitative estimate of drug-likeness (QED) is 0.138. The van der Waals surface area contributed by atoms with E-state index in [1.165, 1.54) is 35.5 Å². The van der Waals surface area contributed by atoms with E-state index in [0.717, 1.165) is 22.3 Å². The Labute approximate surface area is 281 Å². The Morgan fingerprint density at radius 3 is 2.07 bits per heavy atom. The first kappa shape index (κ1) is 29.3. The van der Waals surface area contributed by atoms with Crippen molar-refractivity contribution in [1.82, 2.24) is 24.9 Å². The van der Waals surface area contributed by atoms with E-state index in [9.17, 15) is 0 Å². The number of hydrogen-bond acceptors (Lipinski definition) is 7. The minimum atomic E-state index is -2.09. The van der Waals surface area contributed by atoms with Gasteiger partial charge >= 0.3 is 0 Å². The Hall–Kier alpha value is -3.42. The molecule has 0 aliphatic carbocycles. The van der Waals surface area contributed by atoms with Gasteiger partial charge in [0.05, 0.1) is 0 Å². The van der Waals surface area contributed by atoms with Gasteiger partial charge in [0, 0.05) is 54.5 Å². The third-order valence-electron chi connectivity index (χ3n) is 7.17. The molecule has 215 valence electrons. The average Bonchev–Trinajstić information content (AvgIpc) is 3.51. The molecule has 4 aromatic carbocycles. The zero-order valence-corrected chi connectivity index (χ0v) is 28.5. The fourth-order valence-electron chi connectivity index (χ4n) is 5.27. The molecule has 2 aliphatic heterocycles. The summed E-state index contributed by atoms with van der Waals surface area (Å²) in [5.74, 6) is 1.14. The molecule has 1 atom stereocenters. The second kappa shape index (κ2) is 12.2. The molecule has 2 aliphatic rings. The first-order valence-corrected chi connectivity index (χ1v) is 18.0. The van der Waals surface area contributed by atoms with Crippen molar-refractivity contribution in [3.05, 3.63) is 128 Å². The van der Waals surface area contributed by atoms with Crippen LogP contribution in [0.4, 0.5) is 0 Å². The van der Waals surface area contributed by atoms with Gasteiger partial charge in [0.25, 0.3) is 0 Å². The summed E-state index contributed by atoms with van der Waals surface area (Å²) in [6.45, 7) is 0. The molecule has 1 radical (unpaired) electrons. The van der Waals surface area contributed by atoms with Crippen molar-refractivity contribution in [3.63, 3.8) is 0 Å². The summed E-state index contributed by atoms with van der Waals surface area (Å²) in [5.41, 5.74) is 3.74. The molecule has 0 saturated heterocycles. The number of benzene rings is 4. The fourth-order valence-corrected chi connectivity index (χ4v) is 14.4. The molecule has 0 fully saturated rings. The van der Waals surface area contributed by atoms with E-state index in [2.05, 4.69) is 85.6 Å². The van der Waals surface area contributed by atoms with Crippen LogP contribution < -0.4 is 20.9 Å². The smallest absolute Gasteiger partial charge is 0.150 e. The number of rotatable bonds is 2.